The fourth-order valence-corrected chi connectivity index (χ4v) is 2.30. The minimum absolute atomic E-state index is 0.117. The Labute approximate surface area is 111 Å². The van der Waals surface area contributed by atoms with Gasteiger partial charge in [-0.25, -0.2) is 4.39 Å². The van der Waals surface area contributed by atoms with E-state index in [0.717, 1.165) is 31.0 Å². The van der Waals surface area contributed by atoms with Crippen LogP contribution in [-0.2, 0) is 0 Å². The molecule has 18 heavy (non-hydrogen) atoms. The van der Waals surface area contributed by atoms with E-state index in [2.05, 4.69) is 21.2 Å². The lowest BCUT2D eigenvalue weighted by Crippen LogP contribution is -2.38. The largest absolute Gasteiger partial charge is 0.346 e. The Hall–Kier alpha value is -1.50. The number of hydrogen-bond donors (Lipinski definition) is 1. The highest BCUT2D eigenvalue weighted by molar-refractivity contribution is 9.09. The van der Waals surface area contributed by atoms with Crippen LogP contribution in [0.4, 0.5) is 10.1 Å². The number of carbonyl (C=O) groups excluding carboxylic acids is 1. The summed E-state index contributed by atoms with van der Waals surface area (Å²) in [6.45, 7) is 0. The zero-order chi connectivity index (χ0) is 13.3. The van der Waals surface area contributed by atoms with Crippen LogP contribution in [0, 0.1) is 15.9 Å². The first-order valence-corrected chi connectivity index (χ1v) is 6.42. The maximum atomic E-state index is 12.9. The number of amides is 1. The minimum atomic E-state index is -0.758. The molecule has 96 valence electrons. The molecule has 1 N–H and O–H groups in total. The predicted molar refractivity (Wildman–Crippen MR) is 66.3 cm³/mol. The van der Waals surface area contributed by atoms with Gasteiger partial charge in [0.25, 0.3) is 11.6 Å². The molecule has 1 aliphatic rings. The topological polar surface area (TPSA) is 72.2 Å². The molecule has 0 saturated heterocycles. The van der Waals surface area contributed by atoms with Crippen LogP contribution >= 0.6 is 15.9 Å². The Bertz CT molecular complexity index is 517. The molecule has 0 aromatic heterocycles. The van der Waals surface area contributed by atoms with Crippen molar-refractivity contribution in [1.29, 1.82) is 0 Å². The Morgan fingerprint density at radius 1 is 1.56 bits per heavy atom. The fraction of sp³-hybridized carbons (Fsp3) is 0.364. The van der Waals surface area contributed by atoms with Gasteiger partial charge in [-0.3, -0.25) is 14.9 Å². The lowest BCUT2D eigenvalue weighted by molar-refractivity contribution is -0.385. The molecule has 2 rings (SSSR count). The van der Waals surface area contributed by atoms with Gasteiger partial charge in [0.15, 0.2) is 0 Å². The van der Waals surface area contributed by atoms with Crippen LogP contribution in [0.1, 0.15) is 23.2 Å². The van der Waals surface area contributed by atoms with Crippen molar-refractivity contribution in [2.45, 2.75) is 18.4 Å². The fourth-order valence-electron chi connectivity index (χ4n) is 1.60. The molecular weight excluding hydrogens is 307 g/mol. The number of halogens is 2. The van der Waals surface area contributed by atoms with E-state index in [1.54, 1.807) is 0 Å². The van der Waals surface area contributed by atoms with Gasteiger partial charge in [-0.1, -0.05) is 15.9 Å². The van der Waals surface area contributed by atoms with Gasteiger partial charge in [-0.15, -0.1) is 0 Å². The average Bonchev–Trinajstić information content (AvgIpc) is 3.09. The molecule has 0 bridgehead atoms. The van der Waals surface area contributed by atoms with Gasteiger partial charge >= 0.3 is 0 Å². The highest BCUT2D eigenvalue weighted by Gasteiger charge is 2.43. The van der Waals surface area contributed by atoms with Crippen molar-refractivity contribution in [3.63, 3.8) is 0 Å². The van der Waals surface area contributed by atoms with Gasteiger partial charge in [0, 0.05) is 5.33 Å². The molecule has 1 aromatic rings. The second-order valence-corrected chi connectivity index (χ2v) is 4.85. The molecule has 1 aliphatic carbocycles. The normalized spacial score (nSPS) is 16.1. The molecule has 0 aliphatic heterocycles. The lowest BCUT2D eigenvalue weighted by atomic mass is 10.1. The number of alkyl halides is 1. The number of benzene rings is 1. The first-order chi connectivity index (χ1) is 8.47. The van der Waals surface area contributed by atoms with Crippen molar-refractivity contribution in [2.75, 3.05) is 5.33 Å². The van der Waals surface area contributed by atoms with Crippen LogP contribution in [0.15, 0.2) is 18.2 Å². The van der Waals surface area contributed by atoms with Crippen molar-refractivity contribution in [3.8, 4) is 0 Å². The molecule has 0 spiro atoms. The predicted octanol–water partition coefficient (Wildman–Crippen LogP) is 2.39. The third kappa shape index (κ3) is 2.50. The highest BCUT2D eigenvalue weighted by Crippen LogP contribution is 2.37. The second-order valence-electron chi connectivity index (χ2n) is 4.29. The molecule has 1 saturated carbocycles. The number of nitrogens with zero attached hydrogens (tertiary/aromatic N) is 1. The van der Waals surface area contributed by atoms with Crippen molar-refractivity contribution < 1.29 is 14.1 Å². The van der Waals surface area contributed by atoms with Crippen molar-refractivity contribution >= 4 is 27.5 Å². The summed E-state index contributed by atoms with van der Waals surface area (Å²) in [4.78, 5) is 22.0. The monoisotopic (exact) mass is 316 g/mol. The Balaban J connectivity index is 2.27. The average molecular weight is 317 g/mol. The van der Waals surface area contributed by atoms with E-state index >= 15 is 0 Å². The number of nitro groups is 1. The summed E-state index contributed by atoms with van der Waals surface area (Å²) in [5, 5.41) is 14.1. The maximum Gasteiger partial charge on any atom is 0.285 e. The second kappa shape index (κ2) is 4.64. The van der Waals surface area contributed by atoms with Crippen LogP contribution < -0.4 is 5.32 Å². The minimum Gasteiger partial charge on any atom is -0.346 e. The highest BCUT2D eigenvalue weighted by atomic mass is 79.9. The van der Waals surface area contributed by atoms with E-state index in [1.165, 1.54) is 0 Å². The standard InChI is InChI=1S/C11H10BrFN2O3/c12-6-11(3-4-11)14-10(16)8-2-1-7(13)5-9(8)15(17)18/h1-2,5H,3-4,6H2,(H,14,16). The van der Waals surface area contributed by atoms with Gasteiger partial charge in [0.05, 0.1) is 16.5 Å². The van der Waals surface area contributed by atoms with E-state index < -0.39 is 22.3 Å². The summed E-state index contributed by atoms with van der Waals surface area (Å²) in [7, 11) is 0. The van der Waals surface area contributed by atoms with Crippen LogP contribution in [0.2, 0.25) is 0 Å². The zero-order valence-corrected chi connectivity index (χ0v) is 10.9. The lowest BCUT2D eigenvalue weighted by Gasteiger charge is -2.14. The zero-order valence-electron chi connectivity index (χ0n) is 9.28. The molecule has 0 atom stereocenters. The molecule has 0 unspecified atom stereocenters. The quantitative estimate of drug-likeness (QED) is 0.526. The molecule has 0 radical (unpaired) electrons. The number of rotatable bonds is 4. The first kappa shape index (κ1) is 12.9. The van der Waals surface area contributed by atoms with Crippen LogP contribution in [0.25, 0.3) is 0 Å². The van der Waals surface area contributed by atoms with E-state index in [1.807, 2.05) is 0 Å². The molecular formula is C11H10BrFN2O3. The van der Waals surface area contributed by atoms with E-state index in [0.29, 0.717) is 5.33 Å². The molecule has 0 heterocycles. The van der Waals surface area contributed by atoms with Crippen molar-refractivity contribution in [3.05, 3.63) is 39.7 Å². The summed E-state index contributed by atoms with van der Waals surface area (Å²) >= 11 is 3.28. The summed E-state index contributed by atoms with van der Waals surface area (Å²) in [5.41, 5.74) is -0.939. The van der Waals surface area contributed by atoms with E-state index in [4.69, 9.17) is 0 Å². The third-order valence-electron chi connectivity index (χ3n) is 2.89. The van der Waals surface area contributed by atoms with Crippen molar-refractivity contribution in [1.82, 2.24) is 5.32 Å². The summed E-state index contributed by atoms with van der Waals surface area (Å²) in [5.74, 6) is -1.28. The molecule has 5 nitrogen and oxygen atoms in total. The van der Waals surface area contributed by atoms with Gasteiger partial charge < -0.3 is 5.32 Å². The van der Waals surface area contributed by atoms with Gasteiger partial charge in [0.2, 0.25) is 0 Å². The van der Waals surface area contributed by atoms with E-state index in [-0.39, 0.29) is 11.1 Å². The summed E-state index contributed by atoms with van der Waals surface area (Å²) < 4.78 is 12.9. The Kier molecular flexibility index (Phi) is 3.34. The Morgan fingerprint density at radius 3 is 2.72 bits per heavy atom. The maximum absolute atomic E-state index is 12.9. The Morgan fingerprint density at radius 2 is 2.22 bits per heavy atom. The summed E-state index contributed by atoms with van der Waals surface area (Å²) in [6, 6.07) is 2.92. The van der Waals surface area contributed by atoms with Gasteiger partial charge in [-0.05, 0) is 25.0 Å². The smallest absolute Gasteiger partial charge is 0.285 e. The van der Waals surface area contributed by atoms with Gasteiger partial charge in [-0.2, -0.15) is 0 Å². The number of nitro benzene ring substituents is 1. The van der Waals surface area contributed by atoms with Crippen molar-refractivity contribution in [2.24, 2.45) is 0 Å². The molecule has 7 heteroatoms. The van der Waals surface area contributed by atoms with Gasteiger partial charge in [0.1, 0.15) is 11.4 Å². The molecule has 1 amide bonds. The number of hydrogen-bond acceptors (Lipinski definition) is 3. The molecule has 1 aromatic carbocycles. The first-order valence-electron chi connectivity index (χ1n) is 5.30. The summed E-state index contributed by atoms with van der Waals surface area (Å²) in [6.07, 6.45) is 1.66. The van der Waals surface area contributed by atoms with Crippen LogP contribution in [-0.4, -0.2) is 21.7 Å². The molecule has 1 fully saturated rings. The third-order valence-corrected chi connectivity index (χ3v) is 3.96. The van der Waals surface area contributed by atoms with Crippen LogP contribution in [0.5, 0.6) is 0 Å². The number of carbonyl (C=O) groups is 1. The van der Waals surface area contributed by atoms with Crippen LogP contribution in [0.3, 0.4) is 0 Å². The number of nitrogens with one attached hydrogen (secondary N) is 1. The SMILES string of the molecule is O=C(NC1(CBr)CC1)c1ccc(F)cc1[N+](=O)[O-]. The van der Waals surface area contributed by atoms with E-state index in [9.17, 15) is 19.3 Å².